The molecule has 148 valence electrons. The highest BCUT2D eigenvalue weighted by atomic mass is 32.1. The average molecular weight is 408 g/mol. The van der Waals surface area contributed by atoms with Gasteiger partial charge in [-0.05, 0) is 12.2 Å². The third kappa shape index (κ3) is 4.92. The van der Waals surface area contributed by atoms with E-state index in [2.05, 4.69) is 15.2 Å². The third-order valence-electron chi connectivity index (χ3n) is 4.16. The van der Waals surface area contributed by atoms with E-state index in [1.165, 1.54) is 17.9 Å². The second kappa shape index (κ2) is 9.72. The van der Waals surface area contributed by atoms with Crippen LogP contribution in [0.25, 0.3) is 0 Å². The summed E-state index contributed by atoms with van der Waals surface area (Å²) in [5, 5.41) is 18.8. The highest BCUT2D eigenvalue weighted by molar-refractivity contribution is 7.71. The van der Waals surface area contributed by atoms with Crippen molar-refractivity contribution in [1.82, 2.24) is 9.55 Å². The standard InChI is InChI=1S/C21H20N4O3S/c1-28-13-12-25-20(27)17(19(26)23-21(25)29)14-22-24-18(15-8-4-2-5-9-15)16-10-6-3-7-11-16/h2-11,14,27H,12-13H2,1H3,(H,23,26,29). The Kier molecular flexibility index (Phi) is 6.83. The van der Waals surface area contributed by atoms with E-state index < -0.39 is 5.56 Å². The third-order valence-corrected chi connectivity index (χ3v) is 4.49. The average Bonchev–Trinajstić information content (AvgIpc) is 2.74. The molecule has 0 spiro atoms. The molecule has 0 unspecified atom stereocenters. The summed E-state index contributed by atoms with van der Waals surface area (Å²) < 4.78 is 6.50. The van der Waals surface area contributed by atoms with E-state index in [0.29, 0.717) is 18.9 Å². The smallest absolute Gasteiger partial charge is 0.264 e. The van der Waals surface area contributed by atoms with Gasteiger partial charge in [-0.2, -0.15) is 5.10 Å². The van der Waals surface area contributed by atoms with Crippen molar-refractivity contribution in [1.29, 1.82) is 0 Å². The fourth-order valence-electron chi connectivity index (χ4n) is 2.70. The van der Waals surface area contributed by atoms with Gasteiger partial charge in [-0.25, -0.2) is 0 Å². The Morgan fingerprint density at radius 2 is 1.72 bits per heavy atom. The number of aromatic hydroxyl groups is 1. The number of aromatic nitrogens is 2. The van der Waals surface area contributed by atoms with Crippen molar-refractivity contribution in [2.24, 2.45) is 10.2 Å². The largest absolute Gasteiger partial charge is 0.494 e. The molecule has 1 aromatic heterocycles. The maximum Gasteiger partial charge on any atom is 0.264 e. The summed E-state index contributed by atoms with van der Waals surface area (Å²) in [5.74, 6) is -0.282. The van der Waals surface area contributed by atoms with Gasteiger partial charge in [0.2, 0.25) is 5.88 Å². The van der Waals surface area contributed by atoms with Crippen molar-refractivity contribution in [3.05, 3.63) is 92.5 Å². The van der Waals surface area contributed by atoms with Gasteiger partial charge >= 0.3 is 0 Å². The Morgan fingerprint density at radius 1 is 1.14 bits per heavy atom. The fraction of sp³-hybridized carbons (Fsp3) is 0.143. The van der Waals surface area contributed by atoms with Crippen LogP contribution in [0.2, 0.25) is 0 Å². The Morgan fingerprint density at radius 3 is 2.28 bits per heavy atom. The van der Waals surface area contributed by atoms with Crippen molar-refractivity contribution in [2.75, 3.05) is 13.7 Å². The Labute approximate surface area is 172 Å². The first-order valence-corrected chi connectivity index (χ1v) is 9.29. The molecule has 0 aliphatic rings. The number of H-pyrrole nitrogens is 1. The predicted octanol–water partition coefficient (Wildman–Crippen LogP) is 3.13. The Bertz CT molecular complexity index is 1090. The number of rotatable bonds is 7. The lowest BCUT2D eigenvalue weighted by atomic mass is 10.0. The minimum atomic E-state index is -0.541. The van der Waals surface area contributed by atoms with E-state index in [1.807, 2.05) is 60.7 Å². The molecule has 0 aliphatic heterocycles. The molecule has 0 saturated heterocycles. The van der Waals surface area contributed by atoms with Gasteiger partial charge in [0.1, 0.15) is 11.3 Å². The molecular formula is C21H20N4O3S. The first kappa shape index (κ1) is 20.4. The zero-order valence-corrected chi connectivity index (χ0v) is 16.6. The molecule has 0 fully saturated rings. The van der Waals surface area contributed by atoms with Crippen LogP contribution in [0, 0.1) is 4.77 Å². The number of hydrogen-bond acceptors (Lipinski definition) is 6. The molecule has 3 rings (SSSR count). The molecule has 0 bridgehead atoms. The van der Waals surface area contributed by atoms with Gasteiger partial charge in [0, 0.05) is 18.2 Å². The van der Waals surface area contributed by atoms with Crippen molar-refractivity contribution >= 4 is 24.1 Å². The van der Waals surface area contributed by atoms with Gasteiger partial charge in [0.25, 0.3) is 5.56 Å². The molecule has 2 aromatic carbocycles. The summed E-state index contributed by atoms with van der Waals surface area (Å²) >= 11 is 5.10. The molecule has 8 heteroatoms. The molecule has 0 radical (unpaired) electrons. The van der Waals surface area contributed by atoms with E-state index in [-0.39, 0.29) is 16.2 Å². The number of ether oxygens (including phenoxy) is 1. The van der Waals surface area contributed by atoms with Crippen LogP contribution in [0.5, 0.6) is 5.88 Å². The van der Waals surface area contributed by atoms with Gasteiger partial charge < -0.3 is 9.84 Å². The lowest BCUT2D eigenvalue weighted by Gasteiger charge is -2.10. The predicted molar refractivity (Wildman–Crippen MR) is 116 cm³/mol. The first-order valence-electron chi connectivity index (χ1n) is 8.88. The van der Waals surface area contributed by atoms with Crippen LogP contribution in [0.4, 0.5) is 0 Å². The van der Waals surface area contributed by atoms with E-state index in [9.17, 15) is 9.90 Å². The van der Waals surface area contributed by atoms with E-state index >= 15 is 0 Å². The fourth-order valence-corrected chi connectivity index (χ4v) is 2.97. The molecule has 0 atom stereocenters. The molecule has 29 heavy (non-hydrogen) atoms. The minimum absolute atomic E-state index is 0.0288. The molecule has 0 aliphatic carbocycles. The molecule has 1 heterocycles. The van der Waals surface area contributed by atoms with Gasteiger partial charge in [-0.15, -0.1) is 5.10 Å². The van der Waals surface area contributed by atoms with Crippen molar-refractivity contribution in [2.45, 2.75) is 6.54 Å². The van der Waals surface area contributed by atoms with Crippen molar-refractivity contribution in [3.63, 3.8) is 0 Å². The van der Waals surface area contributed by atoms with Crippen LogP contribution in [-0.2, 0) is 11.3 Å². The highest BCUT2D eigenvalue weighted by Gasteiger charge is 2.11. The zero-order chi connectivity index (χ0) is 20.6. The quantitative estimate of drug-likeness (QED) is 0.357. The normalized spacial score (nSPS) is 10.9. The molecule has 0 saturated carbocycles. The number of methoxy groups -OCH3 is 1. The van der Waals surface area contributed by atoms with E-state index in [4.69, 9.17) is 17.0 Å². The topological polar surface area (TPSA) is 92.0 Å². The summed E-state index contributed by atoms with van der Waals surface area (Å²) in [4.78, 5) is 14.8. The second-order valence-corrected chi connectivity index (χ2v) is 6.45. The molecular weight excluding hydrogens is 388 g/mol. The highest BCUT2D eigenvalue weighted by Crippen LogP contribution is 2.13. The van der Waals surface area contributed by atoms with Gasteiger partial charge in [-0.1, -0.05) is 60.7 Å². The number of benzene rings is 2. The van der Waals surface area contributed by atoms with Gasteiger partial charge in [-0.3, -0.25) is 14.3 Å². The molecule has 2 N–H and O–H groups in total. The summed E-state index contributed by atoms with van der Waals surface area (Å²) in [6.07, 6.45) is 1.22. The molecule has 7 nitrogen and oxygen atoms in total. The van der Waals surface area contributed by atoms with Crippen molar-refractivity contribution < 1.29 is 9.84 Å². The second-order valence-electron chi connectivity index (χ2n) is 6.07. The van der Waals surface area contributed by atoms with E-state index in [0.717, 1.165) is 11.1 Å². The summed E-state index contributed by atoms with van der Waals surface area (Å²) in [6.45, 7) is 0.621. The number of hydrogen-bond donors (Lipinski definition) is 2. The lowest BCUT2D eigenvalue weighted by molar-refractivity contribution is 0.182. The number of aromatic amines is 1. The SMILES string of the molecule is COCCn1c(O)c(C=NN=C(c2ccccc2)c2ccccc2)c(=O)[nH]c1=S. The Balaban J connectivity index is 2.02. The first-order chi connectivity index (χ1) is 14.1. The minimum Gasteiger partial charge on any atom is -0.494 e. The molecule has 0 amide bonds. The summed E-state index contributed by atoms with van der Waals surface area (Å²) in [6, 6.07) is 19.2. The monoisotopic (exact) mass is 408 g/mol. The van der Waals surface area contributed by atoms with Gasteiger partial charge in [0.05, 0.1) is 19.4 Å². The van der Waals surface area contributed by atoms with Crippen molar-refractivity contribution in [3.8, 4) is 5.88 Å². The maximum absolute atomic E-state index is 12.2. The van der Waals surface area contributed by atoms with Crippen LogP contribution >= 0.6 is 12.2 Å². The number of nitrogens with one attached hydrogen (secondary N) is 1. The summed E-state index contributed by atoms with van der Waals surface area (Å²) in [7, 11) is 1.54. The number of nitrogens with zero attached hydrogens (tertiary/aromatic N) is 3. The summed E-state index contributed by atoms with van der Waals surface area (Å²) in [5.41, 5.74) is 1.83. The van der Waals surface area contributed by atoms with Crippen LogP contribution < -0.4 is 5.56 Å². The van der Waals surface area contributed by atoms with Crippen LogP contribution in [0.3, 0.4) is 0 Å². The van der Waals surface area contributed by atoms with Gasteiger partial charge in [0.15, 0.2) is 4.77 Å². The maximum atomic E-state index is 12.2. The Hall–Kier alpha value is -3.36. The van der Waals surface area contributed by atoms with Crippen LogP contribution in [0.15, 0.2) is 75.7 Å². The van der Waals surface area contributed by atoms with Crippen LogP contribution in [-0.4, -0.2) is 40.3 Å². The lowest BCUT2D eigenvalue weighted by Crippen LogP contribution is -2.20. The van der Waals surface area contributed by atoms with Crippen LogP contribution in [0.1, 0.15) is 16.7 Å². The molecule has 3 aromatic rings. The van der Waals surface area contributed by atoms with E-state index in [1.54, 1.807) is 0 Å². The zero-order valence-electron chi connectivity index (χ0n) is 15.8.